The lowest BCUT2D eigenvalue weighted by molar-refractivity contribution is 0.0948. The van der Waals surface area contributed by atoms with Gasteiger partial charge in [0.25, 0.3) is 5.91 Å². The molecular weight excluding hydrogens is 402 g/mol. The predicted octanol–water partition coefficient (Wildman–Crippen LogP) is 4.97. The number of furan rings is 1. The minimum absolute atomic E-state index is 0.158. The maximum atomic E-state index is 12.4. The lowest BCUT2D eigenvalue weighted by Gasteiger charge is -2.10. The van der Waals surface area contributed by atoms with Crippen LogP contribution in [0.4, 0.5) is 11.5 Å². The van der Waals surface area contributed by atoms with Crippen molar-refractivity contribution in [2.24, 2.45) is 0 Å². The van der Waals surface area contributed by atoms with Gasteiger partial charge in [0.05, 0.1) is 19.0 Å². The standard InChI is InChI=1S/C25H21N5O2/c1-17-4-6-18(7-5-17)23-24(30-13-12-26-16-22(30)29-23)28-20-10-8-19(9-11-20)25(31)27-15-21-3-2-14-32-21/h2-14,16,28H,15H2,1H3,(H,27,31). The van der Waals surface area contributed by atoms with Crippen LogP contribution in [-0.2, 0) is 6.54 Å². The summed E-state index contributed by atoms with van der Waals surface area (Å²) < 4.78 is 7.21. The van der Waals surface area contributed by atoms with Gasteiger partial charge in [-0.25, -0.2) is 4.98 Å². The van der Waals surface area contributed by atoms with E-state index in [1.807, 2.05) is 28.8 Å². The topological polar surface area (TPSA) is 84.5 Å². The molecule has 1 amide bonds. The molecule has 0 aliphatic carbocycles. The van der Waals surface area contributed by atoms with Crippen LogP contribution in [0.2, 0.25) is 0 Å². The SMILES string of the molecule is Cc1ccc(-c2nc3cnccn3c2Nc2ccc(C(=O)NCc3ccco3)cc2)cc1. The van der Waals surface area contributed by atoms with Crippen LogP contribution in [0.25, 0.3) is 16.9 Å². The number of hydrogen-bond donors (Lipinski definition) is 2. The van der Waals surface area contributed by atoms with Gasteiger partial charge in [0.15, 0.2) is 5.65 Å². The van der Waals surface area contributed by atoms with E-state index in [0.717, 1.165) is 28.4 Å². The van der Waals surface area contributed by atoms with Gasteiger partial charge in [0, 0.05) is 29.2 Å². The van der Waals surface area contributed by atoms with Crippen molar-refractivity contribution >= 4 is 23.1 Å². The van der Waals surface area contributed by atoms with Gasteiger partial charge in [-0.15, -0.1) is 0 Å². The summed E-state index contributed by atoms with van der Waals surface area (Å²) in [5, 5.41) is 6.31. The Morgan fingerprint density at radius 2 is 1.88 bits per heavy atom. The van der Waals surface area contributed by atoms with E-state index in [0.29, 0.717) is 17.9 Å². The number of benzene rings is 2. The van der Waals surface area contributed by atoms with Crippen LogP contribution in [-0.4, -0.2) is 20.3 Å². The molecule has 5 rings (SSSR count). The number of rotatable bonds is 6. The molecule has 158 valence electrons. The van der Waals surface area contributed by atoms with Crippen molar-refractivity contribution < 1.29 is 9.21 Å². The Balaban J connectivity index is 1.40. The molecule has 2 N–H and O–H groups in total. The van der Waals surface area contributed by atoms with E-state index in [4.69, 9.17) is 9.40 Å². The lowest BCUT2D eigenvalue weighted by Crippen LogP contribution is -2.22. The van der Waals surface area contributed by atoms with Crippen molar-refractivity contribution in [2.45, 2.75) is 13.5 Å². The van der Waals surface area contributed by atoms with Crippen LogP contribution in [0.3, 0.4) is 0 Å². The average Bonchev–Trinajstić information content (AvgIpc) is 3.47. The summed E-state index contributed by atoms with van der Waals surface area (Å²) in [6, 6.07) is 19.2. The van der Waals surface area contributed by atoms with Crippen LogP contribution in [0, 0.1) is 6.92 Å². The van der Waals surface area contributed by atoms with Gasteiger partial charge in [-0.1, -0.05) is 29.8 Å². The second-order valence-electron chi connectivity index (χ2n) is 7.44. The molecule has 7 heteroatoms. The largest absolute Gasteiger partial charge is 0.467 e. The van der Waals surface area contributed by atoms with E-state index in [1.54, 1.807) is 36.9 Å². The molecule has 0 fully saturated rings. The number of nitrogens with one attached hydrogen (secondary N) is 2. The first-order chi connectivity index (χ1) is 15.7. The average molecular weight is 423 g/mol. The minimum Gasteiger partial charge on any atom is -0.467 e. The van der Waals surface area contributed by atoms with E-state index in [-0.39, 0.29) is 5.91 Å². The number of fused-ring (bicyclic) bond motifs is 1. The molecule has 0 atom stereocenters. The molecular formula is C25H21N5O2. The summed E-state index contributed by atoms with van der Waals surface area (Å²) in [6.07, 6.45) is 6.92. The first kappa shape index (κ1) is 19.6. The van der Waals surface area contributed by atoms with Gasteiger partial charge in [-0.05, 0) is 43.3 Å². The van der Waals surface area contributed by atoms with Crippen LogP contribution < -0.4 is 10.6 Å². The zero-order valence-corrected chi connectivity index (χ0v) is 17.4. The number of aryl methyl sites for hydroxylation is 1. The van der Waals surface area contributed by atoms with Crippen molar-refractivity contribution in [3.05, 3.63) is 102 Å². The van der Waals surface area contributed by atoms with E-state index in [9.17, 15) is 4.79 Å². The maximum Gasteiger partial charge on any atom is 0.251 e. The van der Waals surface area contributed by atoms with E-state index < -0.39 is 0 Å². The highest BCUT2D eigenvalue weighted by Crippen LogP contribution is 2.31. The van der Waals surface area contributed by atoms with Gasteiger partial charge in [0.1, 0.15) is 17.3 Å². The van der Waals surface area contributed by atoms with Crippen LogP contribution in [0.1, 0.15) is 21.7 Å². The van der Waals surface area contributed by atoms with Gasteiger partial charge >= 0.3 is 0 Å². The number of nitrogens with zero attached hydrogens (tertiary/aromatic N) is 3. The summed E-state index contributed by atoms with van der Waals surface area (Å²) in [5.74, 6) is 1.39. The molecule has 7 nitrogen and oxygen atoms in total. The highest BCUT2D eigenvalue weighted by atomic mass is 16.3. The van der Waals surface area contributed by atoms with E-state index in [1.165, 1.54) is 5.56 Å². The molecule has 3 aromatic heterocycles. The molecule has 2 aromatic carbocycles. The molecule has 0 saturated heterocycles. The Morgan fingerprint density at radius 3 is 2.62 bits per heavy atom. The van der Waals surface area contributed by atoms with Gasteiger partial charge < -0.3 is 15.1 Å². The second kappa shape index (κ2) is 8.39. The van der Waals surface area contributed by atoms with Crippen molar-refractivity contribution in [1.29, 1.82) is 0 Å². The number of amides is 1. The summed E-state index contributed by atoms with van der Waals surface area (Å²) in [4.78, 5) is 21.4. The quantitative estimate of drug-likeness (QED) is 0.403. The Hall–Kier alpha value is -4.39. The monoisotopic (exact) mass is 423 g/mol. The summed E-state index contributed by atoms with van der Waals surface area (Å²) in [5.41, 5.74) is 5.20. The maximum absolute atomic E-state index is 12.4. The normalized spacial score (nSPS) is 10.9. The molecule has 0 bridgehead atoms. The van der Waals surface area contributed by atoms with Crippen LogP contribution >= 0.6 is 0 Å². The smallest absolute Gasteiger partial charge is 0.251 e. The molecule has 0 unspecified atom stereocenters. The number of imidazole rings is 1. The summed E-state index contributed by atoms with van der Waals surface area (Å²) >= 11 is 0. The molecule has 0 spiro atoms. The third-order valence-electron chi connectivity index (χ3n) is 5.17. The molecule has 3 heterocycles. The fraction of sp³-hybridized carbons (Fsp3) is 0.0800. The first-order valence-corrected chi connectivity index (χ1v) is 10.2. The van der Waals surface area contributed by atoms with E-state index in [2.05, 4.69) is 46.8 Å². The number of carbonyl (C=O) groups is 1. The molecule has 0 radical (unpaired) electrons. The van der Waals surface area contributed by atoms with Crippen molar-refractivity contribution in [1.82, 2.24) is 19.7 Å². The fourth-order valence-electron chi connectivity index (χ4n) is 3.46. The third-order valence-corrected chi connectivity index (χ3v) is 5.17. The summed E-state index contributed by atoms with van der Waals surface area (Å²) in [6.45, 7) is 2.41. The van der Waals surface area contributed by atoms with Gasteiger partial charge in [0.2, 0.25) is 0 Å². The summed E-state index contributed by atoms with van der Waals surface area (Å²) in [7, 11) is 0. The van der Waals surface area contributed by atoms with Gasteiger partial charge in [-0.3, -0.25) is 14.2 Å². The second-order valence-corrected chi connectivity index (χ2v) is 7.44. The zero-order valence-electron chi connectivity index (χ0n) is 17.4. The molecule has 5 aromatic rings. The highest BCUT2D eigenvalue weighted by Gasteiger charge is 2.15. The number of hydrogen-bond acceptors (Lipinski definition) is 5. The van der Waals surface area contributed by atoms with E-state index >= 15 is 0 Å². The molecule has 0 aliphatic rings. The third kappa shape index (κ3) is 3.96. The van der Waals surface area contributed by atoms with Crippen molar-refractivity contribution in [2.75, 3.05) is 5.32 Å². The number of aromatic nitrogens is 3. The highest BCUT2D eigenvalue weighted by molar-refractivity contribution is 5.94. The Kier molecular flexibility index (Phi) is 5.13. The van der Waals surface area contributed by atoms with Crippen LogP contribution in [0.5, 0.6) is 0 Å². The lowest BCUT2D eigenvalue weighted by atomic mass is 10.1. The fourth-order valence-corrected chi connectivity index (χ4v) is 3.46. The molecule has 32 heavy (non-hydrogen) atoms. The predicted molar refractivity (Wildman–Crippen MR) is 123 cm³/mol. The first-order valence-electron chi connectivity index (χ1n) is 10.2. The molecule has 0 aliphatic heterocycles. The Morgan fingerprint density at radius 1 is 1.06 bits per heavy atom. The molecule has 0 saturated carbocycles. The minimum atomic E-state index is -0.158. The van der Waals surface area contributed by atoms with Crippen molar-refractivity contribution in [3.8, 4) is 11.3 Å². The van der Waals surface area contributed by atoms with Gasteiger partial charge in [-0.2, -0.15) is 0 Å². The van der Waals surface area contributed by atoms with Crippen molar-refractivity contribution in [3.63, 3.8) is 0 Å². The van der Waals surface area contributed by atoms with Crippen LogP contribution in [0.15, 0.2) is 89.9 Å². The Bertz CT molecular complexity index is 1350. The Labute approximate surface area is 184 Å². The number of carbonyl (C=O) groups excluding carboxylic acids is 1. The zero-order chi connectivity index (χ0) is 21.9. The number of anilines is 2.